The summed E-state index contributed by atoms with van der Waals surface area (Å²) in [7, 11) is 0. The normalized spacial score (nSPS) is 10.1. The Morgan fingerprint density at radius 2 is 1.89 bits per heavy atom. The van der Waals surface area contributed by atoms with Crippen molar-refractivity contribution in [2.45, 2.75) is 13.8 Å². The highest BCUT2D eigenvalue weighted by Gasteiger charge is 2.13. The Morgan fingerprint density at radius 1 is 1.11 bits per heavy atom. The molecule has 0 aliphatic carbocycles. The van der Waals surface area contributed by atoms with Crippen molar-refractivity contribution in [1.82, 2.24) is 0 Å². The highest BCUT2D eigenvalue weighted by atomic mass is 16.5. The minimum atomic E-state index is 0.00255. The number of carbonyl (C=O) groups is 1. The molecule has 2 aromatic rings. The lowest BCUT2D eigenvalue weighted by atomic mass is 10.0. The second kappa shape index (κ2) is 5.50. The van der Waals surface area contributed by atoms with Crippen LogP contribution in [0.3, 0.4) is 0 Å². The summed E-state index contributed by atoms with van der Waals surface area (Å²) in [6.45, 7) is 4.44. The van der Waals surface area contributed by atoms with Crippen LogP contribution in [0.2, 0.25) is 0 Å². The zero-order valence-corrected chi connectivity index (χ0v) is 10.6. The van der Waals surface area contributed by atoms with Gasteiger partial charge in [0.15, 0.2) is 5.78 Å². The summed E-state index contributed by atoms with van der Waals surface area (Å²) in [5.74, 6) is 0.647. The summed E-state index contributed by atoms with van der Waals surface area (Å²) in [5, 5.41) is 0. The molecule has 0 aromatic heterocycles. The molecule has 0 N–H and O–H groups in total. The van der Waals surface area contributed by atoms with E-state index in [1.54, 1.807) is 6.07 Å². The summed E-state index contributed by atoms with van der Waals surface area (Å²) in [5.41, 5.74) is 2.39. The van der Waals surface area contributed by atoms with Crippen molar-refractivity contribution in [3.05, 3.63) is 65.2 Å². The first-order valence-corrected chi connectivity index (χ1v) is 6.05. The smallest absolute Gasteiger partial charge is 0.196 e. The number of carbonyl (C=O) groups excluding carboxylic acids is 1. The molecular formula is C16H16O2. The maximum atomic E-state index is 12.4. The average molecular weight is 240 g/mol. The van der Waals surface area contributed by atoms with Crippen molar-refractivity contribution >= 4 is 5.78 Å². The first-order valence-electron chi connectivity index (χ1n) is 6.05. The van der Waals surface area contributed by atoms with E-state index in [4.69, 9.17) is 4.74 Å². The molecule has 0 atom stereocenters. The molecule has 0 amide bonds. The highest BCUT2D eigenvalue weighted by Crippen LogP contribution is 2.21. The molecule has 2 aromatic carbocycles. The second-order valence-corrected chi connectivity index (χ2v) is 4.13. The van der Waals surface area contributed by atoms with Crippen LogP contribution in [-0.2, 0) is 0 Å². The summed E-state index contributed by atoms with van der Waals surface area (Å²) < 4.78 is 5.49. The molecule has 2 rings (SSSR count). The third-order valence-corrected chi connectivity index (χ3v) is 2.71. The van der Waals surface area contributed by atoms with Gasteiger partial charge < -0.3 is 4.74 Å². The highest BCUT2D eigenvalue weighted by molar-refractivity contribution is 6.10. The van der Waals surface area contributed by atoms with Crippen LogP contribution in [0.1, 0.15) is 28.4 Å². The van der Waals surface area contributed by atoms with E-state index in [9.17, 15) is 4.79 Å². The van der Waals surface area contributed by atoms with Crippen LogP contribution >= 0.6 is 0 Å². The Morgan fingerprint density at radius 3 is 2.61 bits per heavy atom. The van der Waals surface area contributed by atoms with Crippen molar-refractivity contribution in [2.75, 3.05) is 6.61 Å². The minimum absolute atomic E-state index is 0.00255. The number of ketones is 1. The van der Waals surface area contributed by atoms with Gasteiger partial charge in [-0.15, -0.1) is 0 Å². The number of para-hydroxylation sites is 1. The summed E-state index contributed by atoms with van der Waals surface area (Å²) >= 11 is 0. The topological polar surface area (TPSA) is 26.3 Å². The molecular weight excluding hydrogens is 224 g/mol. The van der Waals surface area contributed by atoms with Crippen molar-refractivity contribution in [2.24, 2.45) is 0 Å². The lowest BCUT2D eigenvalue weighted by Crippen LogP contribution is -2.05. The third kappa shape index (κ3) is 2.59. The number of aryl methyl sites for hydroxylation is 1. The molecule has 18 heavy (non-hydrogen) atoms. The van der Waals surface area contributed by atoms with Gasteiger partial charge >= 0.3 is 0 Å². The van der Waals surface area contributed by atoms with E-state index in [-0.39, 0.29) is 5.78 Å². The average Bonchev–Trinajstić information content (AvgIpc) is 2.39. The number of benzene rings is 2. The zero-order valence-electron chi connectivity index (χ0n) is 10.6. The molecule has 0 saturated carbocycles. The van der Waals surface area contributed by atoms with Gasteiger partial charge in [-0.3, -0.25) is 4.79 Å². The number of rotatable bonds is 4. The first kappa shape index (κ1) is 12.4. The predicted octanol–water partition coefficient (Wildman–Crippen LogP) is 3.62. The van der Waals surface area contributed by atoms with E-state index in [2.05, 4.69) is 0 Å². The van der Waals surface area contributed by atoms with Crippen LogP contribution in [0, 0.1) is 6.92 Å². The monoisotopic (exact) mass is 240 g/mol. The zero-order chi connectivity index (χ0) is 13.0. The van der Waals surface area contributed by atoms with Gasteiger partial charge in [0.2, 0.25) is 0 Å². The molecule has 0 aliphatic rings. The second-order valence-electron chi connectivity index (χ2n) is 4.13. The molecule has 0 aliphatic heterocycles. The van der Waals surface area contributed by atoms with Gasteiger partial charge in [-0.1, -0.05) is 35.9 Å². The fraction of sp³-hybridized carbons (Fsp3) is 0.188. The number of hydrogen-bond donors (Lipinski definition) is 0. The van der Waals surface area contributed by atoms with Crippen molar-refractivity contribution in [3.63, 3.8) is 0 Å². The van der Waals surface area contributed by atoms with Crippen LogP contribution in [0.15, 0.2) is 48.5 Å². The SMILES string of the molecule is CCOc1ccccc1C(=O)c1cccc(C)c1. The molecule has 2 heteroatoms. The quantitative estimate of drug-likeness (QED) is 0.763. The Bertz CT molecular complexity index is 559. The van der Waals surface area contributed by atoms with Crippen molar-refractivity contribution in [1.29, 1.82) is 0 Å². The Hall–Kier alpha value is -2.09. The van der Waals surface area contributed by atoms with Gasteiger partial charge in [0.25, 0.3) is 0 Å². The number of ether oxygens (including phenoxy) is 1. The van der Waals surface area contributed by atoms with E-state index in [1.807, 2.05) is 56.3 Å². The van der Waals surface area contributed by atoms with Crippen LogP contribution < -0.4 is 4.74 Å². The van der Waals surface area contributed by atoms with Gasteiger partial charge in [0.1, 0.15) is 5.75 Å². The number of hydrogen-bond acceptors (Lipinski definition) is 2. The van der Waals surface area contributed by atoms with Gasteiger partial charge in [-0.2, -0.15) is 0 Å². The van der Waals surface area contributed by atoms with Crippen LogP contribution in [0.4, 0.5) is 0 Å². The first-order chi connectivity index (χ1) is 8.72. The molecule has 0 bridgehead atoms. The van der Waals surface area contributed by atoms with E-state index in [0.717, 1.165) is 5.56 Å². The molecule has 0 unspecified atom stereocenters. The molecule has 0 radical (unpaired) electrons. The predicted molar refractivity (Wildman–Crippen MR) is 72.2 cm³/mol. The van der Waals surface area contributed by atoms with Crippen molar-refractivity contribution in [3.8, 4) is 5.75 Å². The molecule has 0 spiro atoms. The third-order valence-electron chi connectivity index (χ3n) is 2.71. The largest absolute Gasteiger partial charge is 0.493 e. The fourth-order valence-corrected chi connectivity index (χ4v) is 1.88. The van der Waals surface area contributed by atoms with Gasteiger partial charge in [-0.25, -0.2) is 0 Å². The van der Waals surface area contributed by atoms with E-state index in [0.29, 0.717) is 23.5 Å². The maximum absolute atomic E-state index is 12.4. The minimum Gasteiger partial charge on any atom is -0.493 e. The molecule has 0 heterocycles. The van der Waals surface area contributed by atoms with Crippen LogP contribution in [0.5, 0.6) is 5.75 Å². The maximum Gasteiger partial charge on any atom is 0.196 e. The van der Waals surface area contributed by atoms with E-state index >= 15 is 0 Å². The van der Waals surface area contributed by atoms with E-state index in [1.165, 1.54) is 0 Å². The lowest BCUT2D eigenvalue weighted by Gasteiger charge is -2.09. The summed E-state index contributed by atoms with van der Waals surface area (Å²) in [6.07, 6.45) is 0. The summed E-state index contributed by atoms with van der Waals surface area (Å²) in [6, 6.07) is 15.0. The van der Waals surface area contributed by atoms with E-state index < -0.39 is 0 Å². The molecule has 92 valence electrons. The fourth-order valence-electron chi connectivity index (χ4n) is 1.88. The standard InChI is InChI=1S/C16H16O2/c1-3-18-15-10-5-4-9-14(15)16(17)13-8-6-7-12(2)11-13/h4-11H,3H2,1-2H3. The van der Waals surface area contributed by atoms with Gasteiger partial charge in [-0.05, 0) is 32.0 Å². The van der Waals surface area contributed by atoms with Crippen LogP contribution in [0.25, 0.3) is 0 Å². The van der Waals surface area contributed by atoms with Gasteiger partial charge in [0, 0.05) is 5.56 Å². The summed E-state index contributed by atoms with van der Waals surface area (Å²) in [4.78, 5) is 12.4. The Labute approximate surface area is 107 Å². The molecule has 0 saturated heterocycles. The van der Waals surface area contributed by atoms with Gasteiger partial charge in [0.05, 0.1) is 12.2 Å². The Kier molecular flexibility index (Phi) is 3.78. The molecule has 2 nitrogen and oxygen atoms in total. The lowest BCUT2D eigenvalue weighted by molar-refractivity contribution is 0.103. The Balaban J connectivity index is 2.40. The van der Waals surface area contributed by atoms with Crippen LogP contribution in [-0.4, -0.2) is 12.4 Å². The van der Waals surface area contributed by atoms with Crippen molar-refractivity contribution < 1.29 is 9.53 Å². The molecule has 0 fully saturated rings.